The Bertz CT molecular complexity index is 530. The van der Waals surface area contributed by atoms with E-state index in [-0.39, 0.29) is 24.2 Å². The number of phenols is 1. The van der Waals surface area contributed by atoms with Crippen LogP contribution in [0.4, 0.5) is 0 Å². The molecule has 20 heavy (non-hydrogen) atoms. The number of carbonyl (C=O) groups is 1. The number of nitrogens with zero attached hydrogens (tertiary/aromatic N) is 2. The third-order valence-electron chi connectivity index (χ3n) is 3.69. The molecule has 0 bridgehead atoms. The predicted octanol–water partition coefficient (Wildman–Crippen LogP) is 2.31. The van der Waals surface area contributed by atoms with Crippen molar-refractivity contribution in [1.82, 2.24) is 4.90 Å². The molecule has 1 aromatic rings. The Morgan fingerprint density at radius 3 is 2.75 bits per heavy atom. The van der Waals surface area contributed by atoms with Gasteiger partial charge in [0.2, 0.25) is 0 Å². The van der Waals surface area contributed by atoms with E-state index in [1.807, 2.05) is 0 Å². The van der Waals surface area contributed by atoms with Crippen molar-refractivity contribution < 1.29 is 14.6 Å². The Balaban J connectivity index is 2.22. The molecule has 0 radical (unpaired) electrons. The maximum atomic E-state index is 12.5. The molecule has 1 amide bonds. The summed E-state index contributed by atoms with van der Waals surface area (Å²) >= 11 is 0. The highest BCUT2D eigenvalue weighted by Gasteiger charge is 2.27. The normalized spacial score (nSPS) is 14.8. The summed E-state index contributed by atoms with van der Waals surface area (Å²) in [7, 11) is 1.46. The minimum atomic E-state index is -0.212. The number of amides is 1. The lowest BCUT2D eigenvalue weighted by molar-refractivity contribution is 0.0709. The van der Waals surface area contributed by atoms with Gasteiger partial charge in [0, 0.05) is 11.6 Å². The Morgan fingerprint density at radius 1 is 1.50 bits per heavy atom. The summed E-state index contributed by atoms with van der Waals surface area (Å²) in [6, 6.07) is 6.74. The molecule has 1 aliphatic carbocycles. The van der Waals surface area contributed by atoms with Gasteiger partial charge in [-0.2, -0.15) is 5.26 Å². The molecule has 0 aliphatic heterocycles. The second-order valence-corrected chi connectivity index (χ2v) is 4.92. The van der Waals surface area contributed by atoms with Crippen molar-refractivity contribution in [2.75, 3.05) is 13.7 Å². The number of aromatic hydroxyl groups is 1. The highest BCUT2D eigenvalue weighted by Crippen LogP contribution is 2.29. The van der Waals surface area contributed by atoms with E-state index in [4.69, 9.17) is 10.00 Å². The van der Waals surface area contributed by atoms with Crippen molar-refractivity contribution in [2.45, 2.75) is 31.7 Å². The number of carbonyl (C=O) groups excluding carboxylic acids is 1. The first-order chi connectivity index (χ1) is 9.67. The van der Waals surface area contributed by atoms with Crippen molar-refractivity contribution >= 4 is 5.91 Å². The third-order valence-corrected chi connectivity index (χ3v) is 3.69. The average Bonchev–Trinajstić information content (AvgIpc) is 2.97. The number of benzene rings is 1. The molecule has 0 heterocycles. The number of rotatable bonds is 4. The van der Waals surface area contributed by atoms with E-state index < -0.39 is 0 Å². The Kier molecular flexibility index (Phi) is 4.46. The van der Waals surface area contributed by atoms with E-state index in [1.54, 1.807) is 17.0 Å². The molecule has 0 atom stereocenters. The van der Waals surface area contributed by atoms with E-state index in [0.29, 0.717) is 11.3 Å². The Labute approximate surface area is 118 Å². The molecule has 0 unspecified atom stereocenters. The molecule has 5 nitrogen and oxygen atoms in total. The summed E-state index contributed by atoms with van der Waals surface area (Å²) in [5.41, 5.74) is 0.380. The summed E-state index contributed by atoms with van der Waals surface area (Å²) in [4.78, 5) is 14.1. The van der Waals surface area contributed by atoms with E-state index in [1.165, 1.54) is 13.2 Å². The van der Waals surface area contributed by atoms with Crippen molar-refractivity contribution in [2.24, 2.45) is 0 Å². The molecule has 106 valence electrons. The van der Waals surface area contributed by atoms with Crippen LogP contribution in [0.2, 0.25) is 0 Å². The smallest absolute Gasteiger partial charge is 0.255 e. The number of hydrogen-bond donors (Lipinski definition) is 1. The predicted molar refractivity (Wildman–Crippen MR) is 73.6 cm³/mol. The van der Waals surface area contributed by atoms with Gasteiger partial charge in [-0.05, 0) is 31.0 Å². The molecule has 2 rings (SSSR count). The van der Waals surface area contributed by atoms with Crippen LogP contribution in [-0.4, -0.2) is 35.6 Å². The van der Waals surface area contributed by atoms with Gasteiger partial charge < -0.3 is 14.7 Å². The zero-order valence-electron chi connectivity index (χ0n) is 11.5. The van der Waals surface area contributed by atoms with Gasteiger partial charge in [0.1, 0.15) is 6.54 Å². The molecule has 1 N–H and O–H groups in total. The molecule has 0 aromatic heterocycles. The number of nitriles is 1. The molecule has 0 saturated heterocycles. The van der Waals surface area contributed by atoms with Crippen LogP contribution in [0.1, 0.15) is 36.0 Å². The van der Waals surface area contributed by atoms with E-state index in [0.717, 1.165) is 25.7 Å². The van der Waals surface area contributed by atoms with Crippen LogP contribution in [0.5, 0.6) is 11.5 Å². The van der Waals surface area contributed by atoms with Gasteiger partial charge in [-0.25, -0.2) is 0 Å². The molecule has 1 aromatic carbocycles. The van der Waals surface area contributed by atoms with Gasteiger partial charge in [-0.1, -0.05) is 12.8 Å². The molecular weight excluding hydrogens is 256 g/mol. The number of methoxy groups -OCH3 is 1. The highest BCUT2D eigenvalue weighted by atomic mass is 16.5. The van der Waals surface area contributed by atoms with Gasteiger partial charge >= 0.3 is 0 Å². The van der Waals surface area contributed by atoms with Gasteiger partial charge in [0.25, 0.3) is 5.91 Å². The summed E-state index contributed by atoms with van der Waals surface area (Å²) < 4.78 is 4.96. The topological polar surface area (TPSA) is 73.6 Å². The van der Waals surface area contributed by atoms with E-state index >= 15 is 0 Å². The lowest BCUT2D eigenvalue weighted by Crippen LogP contribution is -2.39. The van der Waals surface area contributed by atoms with Gasteiger partial charge in [0.05, 0.1) is 13.2 Å². The molecule has 1 fully saturated rings. The van der Waals surface area contributed by atoms with Gasteiger partial charge in [-0.15, -0.1) is 0 Å². The summed E-state index contributed by atoms with van der Waals surface area (Å²) in [5, 5.41) is 18.7. The fourth-order valence-corrected chi connectivity index (χ4v) is 2.65. The zero-order chi connectivity index (χ0) is 14.5. The Hall–Kier alpha value is -2.22. The maximum Gasteiger partial charge on any atom is 0.255 e. The standard InChI is InChI=1S/C15H18N2O3/c1-20-14-7-6-11(10-13(14)18)15(19)17(9-8-16)12-4-2-3-5-12/h6-7,10,12,18H,2-5,9H2,1H3. The van der Waals surface area contributed by atoms with Crippen molar-refractivity contribution in [3.63, 3.8) is 0 Å². The molecule has 1 aliphatic rings. The lowest BCUT2D eigenvalue weighted by atomic mass is 10.1. The second-order valence-electron chi connectivity index (χ2n) is 4.92. The molecular formula is C15H18N2O3. The first-order valence-electron chi connectivity index (χ1n) is 6.72. The van der Waals surface area contributed by atoms with Crippen molar-refractivity contribution in [3.05, 3.63) is 23.8 Å². The van der Waals surface area contributed by atoms with Crippen LogP contribution in [0.25, 0.3) is 0 Å². The number of ether oxygens (including phenoxy) is 1. The minimum Gasteiger partial charge on any atom is -0.504 e. The molecule has 1 saturated carbocycles. The average molecular weight is 274 g/mol. The lowest BCUT2D eigenvalue weighted by Gasteiger charge is -2.26. The number of hydrogen-bond acceptors (Lipinski definition) is 4. The van der Waals surface area contributed by atoms with E-state index in [9.17, 15) is 9.90 Å². The summed E-state index contributed by atoms with van der Waals surface area (Å²) in [6.45, 7) is 0.0797. The fraction of sp³-hybridized carbons (Fsp3) is 0.467. The molecule has 5 heteroatoms. The van der Waals surface area contributed by atoms with Gasteiger partial charge in [0.15, 0.2) is 11.5 Å². The third kappa shape index (κ3) is 2.85. The number of phenolic OH excluding ortho intramolecular Hbond substituents is 1. The fourth-order valence-electron chi connectivity index (χ4n) is 2.65. The minimum absolute atomic E-state index is 0.0679. The zero-order valence-corrected chi connectivity index (χ0v) is 11.5. The van der Waals surface area contributed by atoms with Crippen LogP contribution in [0.3, 0.4) is 0 Å². The largest absolute Gasteiger partial charge is 0.504 e. The highest BCUT2D eigenvalue weighted by molar-refractivity contribution is 5.95. The van der Waals surface area contributed by atoms with Crippen LogP contribution in [0, 0.1) is 11.3 Å². The first kappa shape index (κ1) is 14.2. The second kappa shape index (κ2) is 6.29. The van der Waals surface area contributed by atoms with Crippen molar-refractivity contribution in [3.8, 4) is 17.6 Å². The summed E-state index contributed by atoms with van der Waals surface area (Å²) in [5.74, 6) is 0.0485. The summed E-state index contributed by atoms with van der Waals surface area (Å²) in [6.07, 6.45) is 4.06. The molecule has 0 spiro atoms. The van der Waals surface area contributed by atoms with E-state index in [2.05, 4.69) is 6.07 Å². The quantitative estimate of drug-likeness (QED) is 0.855. The van der Waals surface area contributed by atoms with Crippen LogP contribution < -0.4 is 4.74 Å². The maximum absolute atomic E-state index is 12.5. The van der Waals surface area contributed by atoms with Crippen molar-refractivity contribution in [1.29, 1.82) is 5.26 Å². The van der Waals surface area contributed by atoms with Crippen LogP contribution in [-0.2, 0) is 0 Å². The first-order valence-corrected chi connectivity index (χ1v) is 6.72. The Morgan fingerprint density at radius 2 is 2.20 bits per heavy atom. The monoisotopic (exact) mass is 274 g/mol. The van der Waals surface area contributed by atoms with Gasteiger partial charge in [-0.3, -0.25) is 4.79 Å². The van der Waals surface area contributed by atoms with Crippen LogP contribution in [0.15, 0.2) is 18.2 Å². The van der Waals surface area contributed by atoms with Crippen LogP contribution >= 0.6 is 0 Å². The SMILES string of the molecule is COc1ccc(C(=O)N(CC#N)C2CCCC2)cc1O.